The lowest BCUT2D eigenvalue weighted by atomic mass is 10.2. The summed E-state index contributed by atoms with van der Waals surface area (Å²) >= 11 is 0. The van der Waals surface area contributed by atoms with Crippen LogP contribution in [0.4, 0.5) is 0 Å². The van der Waals surface area contributed by atoms with Crippen molar-refractivity contribution in [3.63, 3.8) is 0 Å². The van der Waals surface area contributed by atoms with Gasteiger partial charge in [0.2, 0.25) is 5.89 Å². The number of oxazole rings is 1. The maximum Gasteiger partial charge on any atom is 0.227 e. The van der Waals surface area contributed by atoms with Gasteiger partial charge in [-0.3, -0.25) is 0 Å². The van der Waals surface area contributed by atoms with Crippen molar-refractivity contribution in [2.45, 2.75) is 33.6 Å². The van der Waals surface area contributed by atoms with Crippen molar-refractivity contribution < 1.29 is 23.4 Å². The van der Waals surface area contributed by atoms with E-state index in [-0.39, 0.29) is 0 Å². The maximum absolute atomic E-state index is 6.02. The van der Waals surface area contributed by atoms with E-state index in [1.165, 1.54) is 0 Å². The van der Waals surface area contributed by atoms with E-state index in [2.05, 4.69) is 40.8 Å². The minimum Gasteiger partial charge on any atom is -0.494 e. The van der Waals surface area contributed by atoms with Crippen LogP contribution in [-0.2, 0) is 14.2 Å². The number of hydrogen-bond acceptors (Lipinski definition) is 9. The normalized spacial score (nSPS) is 12.5. The lowest BCUT2D eigenvalue weighted by molar-refractivity contribution is 0.0363. The molecule has 0 N–H and O–H groups in total. The molecule has 0 amide bonds. The predicted octanol–water partition coefficient (Wildman–Crippen LogP) is 3.21. The first kappa shape index (κ1) is 36.8. The summed E-state index contributed by atoms with van der Waals surface area (Å²) in [5.41, 5.74) is 1.66. The van der Waals surface area contributed by atoms with Crippen LogP contribution in [0.5, 0.6) is 5.75 Å². The van der Waals surface area contributed by atoms with Gasteiger partial charge in [0.1, 0.15) is 11.1 Å². The second-order valence-electron chi connectivity index (χ2n) is 10.1. The molecule has 0 fully saturated rings. The van der Waals surface area contributed by atoms with E-state index < -0.39 is 0 Å². The molecule has 0 bridgehead atoms. The number of rotatable bonds is 21. The summed E-state index contributed by atoms with van der Waals surface area (Å²) in [7, 11) is 10.3. The van der Waals surface area contributed by atoms with Crippen LogP contribution in [0.1, 0.15) is 33.6 Å². The van der Waals surface area contributed by atoms with Crippen LogP contribution in [-0.4, -0.2) is 127 Å². The average Bonchev–Trinajstić information content (AvgIpc) is 3.38. The molecule has 2 rings (SSSR count). The predicted molar refractivity (Wildman–Crippen MR) is 169 cm³/mol. The van der Waals surface area contributed by atoms with Crippen molar-refractivity contribution >= 4 is 12.2 Å². The van der Waals surface area contributed by atoms with Crippen LogP contribution in [0, 0.1) is 0 Å². The number of ether oxygens (including phenoxy) is 4. The van der Waals surface area contributed by atoms with Gasteiger partial charge in [-0.2, -0.15) is 0 Å². The zero-order chi connectivity index (χ0) is 30.3. The summed E-state index contributed by atoms with van der Waals surface area (Å²) in [5.74, 6) is 1.43. The Morgan fingerprint density at radius 3 is 2.00 bits per heavy atom. The van der Waals surface area contributed by atoms with E-state index in [1.54, 1.807) is 0 Å². The molecule has 0 saturated heterocycles. The summed E-state index contributed by atoms with van der Waals surface area (Å²) in [6.45, 7) is 14.4. The highest BCUT2D eigenvalue weighted by atomic mass is 16.5. The molecule has 2 aromatic rings. The maximum atomic E-state index is 6.02. The topological polar surface area (TPSA) is 72.7 Å². The van der Waals surface area contributed by atoms with Crippen molar-refractivity contribution in [1.82, 2.24) is 19.7 Å². The third-order valence-electron chi connectivity index (χ3n) is 5.96. The van der Waals surface area contributed by atoms with Crippen LogP contribution in [0.15, 0.2) is 28.7 Å². The smallest absolute Gasteiger partial charge is 0.227 e. The minimum absolute atomic E-state index is 0.504. The van der Waals surface area contributed by atoms with Gasteiger partial charge in [-0.15, -0.1) is 0 Å². The first-order chi connectivity index (χ1) is 19.9. The van der Waals surface area contributed by atoms with Gasteiger partial charge in [-0.05, 0) is 91.9 Å². The molecule has 0 unspecified atom stereocenters. The fraction of sp³-hybridized carbons (Fsp3) is 0.656. The Labute approximate surface area is 248 Å². The largest absolute Gasteiger partial charge is 0.494 e. The highest BCUT2D eigenvalue weighted by Gasteiger charge is 2.06. The molecule has 0 radical (unpaired) electrons. The summed E-state index contributed by atoms with van der Waals surface area (Å²) in [6.07, 6.45) is 5.85. The SMILES string of the molecule is C/C=c1/nc(-c2ccc(OCCCN(C)CCOCCOCCN(C)C)cc2)o/c1=C/COCCCN(C)C.CC. The Hall–Kier alpha value is -2.27. The van der Waals surface area contributed by atoms with E-state index in [1.807, 2.05) is 71.3 Å². The highest BCUT2D eigenvalue weighted by Crippen LogP contribution is 2.19. The molecule has 1 heterocycles. The Morgan fingerprint density at radius 2 is 1.37 bits per heavy atom. The highest BCUT2D eigenvalue weighted by molar-refractivity contribution is 5.54. The first-order valence-electron chi connectivity index (χ1n) is 15.0. The monoisotopic (exact) mass is 576 g/mol. The number of aromatic nitrogens is 1. The van der Waals surface area contributed by atoms with Crippen molar-refractivity contribution in [1.29, 1.82) is 0 Å². The Bertz CT molecular complexity index is 1010. The van der Waals surface area contributed by atoms with E-state index in [4.69, 9.17) is 23.4 Å². The Kier molecular flexibility index (Phi) is 20.9. The van der Waals surface area contributed by atoms with Crippen LogP contribution >= 0.6 is 0 Å². The van der Waals surface area contributed by atoms with Crippen LogP contribution < -0.4 is 15.5 Å². The fourth-order valence-corrected chi connectivity index (χ4v) is 3.64. The number of benzene rings is 1. The van der Waals surface area contributed by atoms with Gasteiger partial charge in [0.25, 0.3) is 0 Å². The molecular formula is C32H56N4O5. The average molecular weight is 577 g/mol. The zero-order valence-corrected chi connectivity index (χ0v) is 27.0. The van der Waals surface area contributed by atoms with Gasteiger partial charge in [-0.1, -0.05) is 19.9 Å². The molecule has 0 aliphatic rings. The quantitative estimate of drug-likeness (QED) is 0.208. The Morgan fingerprint density at radius 1 is 0.732 bits per heavy atom. The molecule has 41 heavy (non-hydrogen) atoms. The molecule has 0 aliphatic heterocycles. The summed E-state index contributed by atoms with van der Waals surface area (Å²) in [4.78, 5) is 11.2. The summed E-state index contributed by atoms with van der Waals surface area (Å²) in [6, 6.07) is 7.89. The second kappa shape index (κ2) is 23.3. The van der Waals surface area contributed by atoms with Gasteiger partial charge in [0, 0.05) is 31.8 Å². The van der Waals surface area contributed by atoms with Gasteiger partial charge in [0.05, 0.1) is 39.6 Å². The van der Waals surface area contributed by atoms with E-state index >= 15 is 0 Å². The molecule has 9 nitrogen and oxygen atoms in total. The second-order valence-corrected chi connectivity index (χ2v) is 10.1. The molecular weight excluding hydrogens is 520 g/mol. The molecule has 234 valence electrons. The van der Waals surface area contributed by atoms with Gasteiger partial charge >= 0.3 is 0 Å². The first-order valence-corrected chi connectivity index (χ1v) is 15.0. The van der Waals surface area contributed by atoms with E-state index in [0.717, 1.165) is 74.3 Å². The van der Waals surface area contributed by atoms with E-state index in [0.29, 0.717) is 38.9 Å². The van der Waals surface area contributed by atoms with Crippen LogP contribution in [0.25, 0.3) is 23.6 Å². The molecule has 0 spiro atoms. The molecule has 0 aliphatic carbocycles. The number of hydrogen-bond donors (Lipinski definition) is 0. The van der Waals surface area contributed by atoms with Crippen molar-refractivity contribution in [3.05, 3.63) is 35.0 Å². The molecule has 0 atom stereocenters. The van der Waals surface area contributed by atoms with Crippen molar-refractivity contribution in [2.24, 2.45) is 0 Å². The Balaban J connectivity index is 0.00000411. The number of nitrogens with zero attached hydrogens (tertiary/aromatic N) is 4. The van der Waals surface area contributed by atoms with Crippen molar-refractivity contribution in [3.8, 4) is 17.2 Å². The minimum atomic E-state index is 0.504. The van der Waals surface area contributed by atoms with Crippen LogP contribution in [0.2, 0.25) is 0 Å². The molecule has 9 heteroatoms. The molecule has 0 saturated carbocycles. The molecule has 1 aromatic heterocycles. The molecule has 1 aromatic carbocycles. The van der Waals surface area contributed by atoms with Crippen molar-refractivity contribution in [2.75, 3.05) is 108 Å². The van der Waals surface area contributed by atoms with Crippen LogP contribution in [0.3, 0.4) is 0 Å². The number of likely N-dealkylation sites (N-methyl/N-ethyl adjacent to an activating group) is 2. The summed E-state index contributed by atoms with van der Waals surface area (Å²) in [5, 5.41) is 0.824. The van der Waals surface area contributed by atoms with Gasteiger partial charge < -0.3 is 38.1 Å². The van der Waals surface area contributed by atoms with Gasteiger partial charge in [0.15, 0.2) is 5.42 Å². The summed E-state index contributed by atoms with van der Waals surface area (Å²) < 4.78 is 28.9. The third kappa shape index (κ3) is 17.3. The lowest BCUT2D eigenvalue weighted by Crippen LogP contribution is -2.26. The zero-order valence-electron chi connectivity index (χ0n) is 27.0. The van der Waals surface area contributed by atoms with E-state index in [9.17, 15) is 0 Å². The fourth-order valence-electron chi connectivity index (χ4n) is 3.64. The standard InChI is InChI=1S/C30H50N4O5.C2H6/c1-7-28-29(14-21-35-19-8-15-32(2)3)39-30(31-28)26-10-12-27(13-11-26)38-20-9-16-34(6)18-23-37-25-24-36-22-17-33(4)5;1-2/h7,10-14H,8-9,15-25H2,1-6H3;1-2H3/b28-7+,29-14+;. The van der Waals surface area contributed by atoms with Gasteiger partial charge in [-0.25, -0.2) is 4.98 Å². The third-order valence-corrected chi connectivity index (χ3v) is 5.96. The lowest BCUT2D eigenvalue weighted by Gasteiger charge is -2.17.